The van der Waals surface area contributed by atoms with Crippen LogP contribution in [0.2, 0.25) is 0 Å². The molecule has 0 bridgehead atoms. The van der Waals surface area contributed by atoms with E-state index in [1.54, 1.807) is 29.3 Å². The number of benzene rings is 1. The van der Waals surface area contributed by atoms with Crippen LogP contribution in [0.5, 0.6) is 0 Å². The molecule has 24 heavy (non-hydrogen) atoms. The highest BCUT2D eigenvalue weighted by Crippen LogP contribution is 2.14. The minimum Gasteiger partial charge on any atom is -0.444 e. The van der Waals surface area contributed by atoms with E-state index < -0.39 is 11.7 Å². The molecule has 1 aliphatic rings. The van der Waals surface area contributed by atoms with Gasteiger partial charge >= 0.3 is 12.1 Å². The highest BCUT2D eigenvalue weighted by Gasteiger charge is 2.31. The van der Waals surface area contributed by atoms with Crippen molar-refractivity contribution in [2.45, 2.75) is 32.5 Å². The number of ether oxygens (including phenoxy) is 2. The van der Waals surface area contributed by atoms with E-state index in [9.17, 15) is 9.59 Å². The Balaban J connectivity index is 1.54. The first-order valence-electron chi connectivity index (χ1n) is 7.94. The van der Waals surface area contributed by atoms with Crippen LogP contribution >= 0.6 is 0 Å². The Morgan fingerprint density at radius 1 is 1.21 bits per heavy atom. The lowest BCUT2D eigenvalue weighted by atomic mass is 10.2. The van der Waals surface area contributed by atoms with Crippen LogP contribution in [0.4, 0.5) is 4.79 Å². The van der Waals surface area contributed by atoms with E-state index in [1.807, 2.05) is 26.8 Å². The molecule has 1 N–H and O–H groups in total. The maximum absolute atomic E-state index is 11.8. The topological polar surface area (TPSA) is 77.1 Å². The lowest BCUT2D eigenvalue weighted by Crippen LogP contribution is -2.53. The molecule has 1 heterocycles. The fraction of sp³-hybridized carbons (Fsp3) is 0.529. The van der Waals surface area contributed by atoms with Gasteiger partial charge in [-0.2, -0.15) is 0 Å². The number of carbonyl (C=O) groups is 2. The zero-order valence-electron chi connectivity index (χ0n) is 14.3. The van der Waals surface area contributed by atoms with Crippen molar-refractivity contribution in [3.63, 3.8) is 0 Å². The Bertz CT molecular complexity index is 550. The summed E-state index contributed by atoms with van der Waals surface area (Å²) in [6.45, 7) is 7.21. The quantitative estimate of drug-likeness (QED) is 0.801. The summed E-state index contributed by atoms with van der Waals surface area (Å²) in [5.41, 5.74) is 0.00520. The van der Waals surface area contributed by atoms with Gasteiger partial charge in [0.15, 0.2) is 0 Å². The number of hydroxylamine groups is 2. The second-order valence-electron chi connectivity index (χ2n) is 6.51. The molecule has 1 aliphatic heterocycles. The molecule has 7 heteroatoms. The van der Waals surface area contributed by atoms with E-state index in [2.05, 4.69) is 5.32 Å². The third-order valence-corrected chi connectivity index (χ3v) is 3.16. The third kappa shape index (κ3) is 6.17. The molecule has 1 saturated heterocycles. The lowest BCUT2D eigenvalue weighted by molar-refractivity contribution is -0.206. The number of hydrogen-bond donors (Lipinski definition) is 1. The number of amides is 1. The number of nitrogens with zero attached hydrogens (tertiary/aromatic N) is 1. The highest BCUT2D eigenvalue weighted by molar-refractivity contribution is 5.89. The van der Waals surface area contributed by atoms with Crippen LogP contribution in [-0.2, 0) is 14.3 Å². The summed E-state index contributed by atoms with van der Waals surface area (Å²) in [7, 11) is 0. The second-order valence-corrected chi connectivity index (χ2v) is 6.51. The molecule has 0 radical (unpaired) electrons. The number of hydrogen-bond acceptors (Lipinski definition) is 6. The molecule has 0 aromatic heterocycles. The first-order chi connectivity index (χ1) is 11.3. The van der Waals surface area contributed by atoms with Crippen LogP contribution in [-0.4, -0.2) is 55.1 Å². The van der Waals surface area contributed by atoms with Gasteiger partial charge in [0.2, 0.25) is 0 Å². The molecule has 1 fully saturated rings. The van der Waals surface area contributed by atoms with Gasteiger partial charge in [-0.15, -0.1) is 5.06 Å². The Morgan fingerprint density at radius 3 is 2.50 bits per heavy atom. The zero-order chi connectivity index (χ0) is 17.6. The van der Waals surface area contributed by atoms with Gasteiger partial charge in [-0.3, -0.25) is 0 Å². The van der Waals surface area contributed by atoms with Crippen molar-refractivity contribution in [3.05, 3.63) is 35.9 Å². The molecule has 0 atom stereocenters. The minimum atomic E-state index is -0.512. The maximum Gasteiger partial charge on any atom is 0.407 e. The van der Waals surface area contributed by atoms with Gasteiger partial charge in [0.25, 0.3) is 0 Å². The van der Waals surface area contributed by atoms with E-state index in [0.717, 1.165) is 0 Å². The average Bonchev–Trinajstić information content (AvgIpc) is 2.47. The Morgan fingerprint density at radius 2 is 1.88 bits per heavy atom. The normalized spacial score (nSPS) is 15.5. The van der Waals surface area contributed by atoms with Gasteiger partial charge in [0.05, 0.1) is 31.4 Å². The van der Waals surface area contributed by atoms with Crippen molar-refractivity contribution in [2.24, 2.45) is 0 Å². The van der Waals surface area contributed by atoms with E-state index in [-0.39, 0.29) is 12.1 Å². The molecule has 1 amide bonds. The van der Waals surface area contributed by atoms with Gasteiger partial charge in [-0.25, -0.2) is 9.59 Å². The van der Waals surface area contributed by atoms with Crippen LogP contribution in [0, 0.1) is 0 Å². The van der Waals surface area contributed by atoms with Crippen LogP contribution in [0.15, 0.2) is 30.3 Å². The predicted octanol–water partition coefficient (Wildman–Crippen LogP) is 1.98. The Labute approximate surface area is 141 Å². The van der Waals surface area contributed by atoms with Gasteiger partial charge in [0.1, 0.15) is 5.60 Å². The fourth-order valence-corrected chi connectivity index (χ4v) is 2.02. The first-order valence-corrected chi connectivity index (χ1v) is 7.94. The smallest absolute Gasteiger partial charge is 0.407 e. The highest BCUT2D eigenvalue weighted by atomic mass is 16.7. The van der Waals surface area contributed by atoms with Gasteiger partial charge in [0, 0.05) is 6.54 Å². The van der Waals surface area contributed by atoms with E-state index in [0.29, 0.717) is 31.8 Å². The molecule has 1 aromatic carbocycles. The molecule has 1 aromatic rings. The third-order valence-electron chi connectivity index (χ3n) is 3.16. The predicted molar refractivity (Wildman–Crippen MR) is 87.4 cm³/mol. The molecule has 0 saturated carbocycles. The average molecular weight is 336 g/mol. The number of rotatable bonds is 6. The number of carbonyl (C=O) groups excluding carboxylic acids is 2. The lowest BCUT2D eigenvalue weighted by Gasteiger charge is -2.36. The molecule has 0 spiro atoms. The zero-order valence-corrected chi connectivity index (χ0v) is 14.3. The van der Waals surface area contributed by atoms with Crippen molar-refractivity contribution >= 4 is 12.1 Å². The minimum absolute atomic E-state index is 0.00555. The summed E-state index contributed by atoms with van der Waals surface area (Å²) in [5, 5.41) is 4.18. The second kappa shape index (κ2) is 8.12. The molecule has 0 unspecified atom stereocenters. The first kappa shape index (κ1) is 18.2. The molecular formula is C17H24N2O5. The van der Waals surface area contributed by atoms with Gasteiger partial charge in [-0.05, 0) is 32.9 Å². The van der Waals surface area contributed by atoms with E-state index in [1.165, 1.54) is 0 Å². The summed E-state index contributed by atoms with van der Waals surface area (Å²) in [6, 6.07) is 8.83. The largest absolute Gasteiger partial charge is 0.444 e. The van der Waals surface area contributed by atoms with E-state index >= 15 is 0 Å². The van der Waals surface area contributed by atoms with Crippen molar-refractivity contribution in [3.8, 4) is 0 Å². The molecule has 2 rings (SSSR count). The SMILES string of the molecule is CC(C)(C)OC(=O)NCCOC1CN(OC(=O)c2ccccc2)C1. The molecule has 132 valence electrons. The fourth-order valence-electron chi connectivity index (χ4n) is 2.02. The van der Waals surface area contributed by atoms with Crippen LogP contribution in [0.3, 0.4) is 0 Å². The maximum atomic E-state index is 11.8. The Kier molecular flexibility index (Phi) is 6.16. The molecule has 7 nitrogen and oxygen atoms in total. The van der Waals surface area contributed by atoms with Crippen molar-refractivity contribution in [1.82, 2.24) is 10.4 Å². The van der Waals surface area contributed by atoms with Gasteiger partial charge in [-0.1, -0.05) is 18.2 Å². The van der Waals surface area contributed by atoms with Crippen LogP contribution < -0.4 is 5.32 Å². The summed E-state index contributed by atoms with van der Waals surface area (Å²) in [5.74, 6) is -0.374. The number of alkyl carbamates (subject to hydrolysis) is 1. The summed E-state index contributed by atoms with van der Waals surface area (Å²) < 4.78 is 10.7. The van der Waals surface area contributed by atoms with Crippen LogP contribution in [0.25, 0.3) is 0 Å². The monoisotopic (exact) mass is 336 g/mol. The number of nitrogens with one attached hydrogen (secondary N) is 1. The van der Waals surface area contributed by atoms with Gasteiger partial charge < -0.3 is 19.6 Å². The molecular weight excluding hydrogens is 312 g/mol. The van der Waals surface area contributed by atoms with Crippen molar-refractivity contribution in [1.29, 1.82) is 0 Å². The summed E-state index contributed by atoms with van der Waals surface area (Å²) >= 11 is 0. The summed E-state index contributed by atoms with van der Waals surface area (Å²) in [6.07, 6.45) is -0.466. The Hall–Kier alpha value is -2.12. The van der Waals surface area contributed by atoms with Crippen molar-refractivity contribution < 1.29 is 23.9 Å². The van der Waals surface area contributed by atoms with Crippen LogP contribution in [0.1, 0.15) is 31.1 Å². The molecule has 0 aliphatic carbocycles. The summed E-state index contributed by atoms with van der Waals surface area (Å²) in [4.78, 5) is 28.5. The van der Waals surface area contributed by atoms with Crippen molar-refractivity contribution in [2.75, 3.05) is 26.2 Å². The standard InChI is InChI=1S/C17H24N2O5/c1-17(2,3)23-16(21)18-9-10-22-14-11-19(12-14)24-15(20)13-7-5-4-6-8-13/h4-8,14H,9-12H2,1-3H3,(H,18,21). The van der Waals surface area contributed by atoms with E-state index in [4.69, 9.17) is 14.3 Å².